The normalized spacial score (nSPS) is 10.7. The number of hydrogen-bond donors (Lipinski definition) is 1. The first-order chi connectivity index (χ1) is 13.1. The van der Waals surface area contributed by atoms with Crippen molar-refractivity contribution in [2.75, 3.05) is 12.4 Å². The van der Waals surface area contributed by atoms with Gasteiger partial charge in [0.25, 0.3) is 5.91 Å². The highest BCUT2D eigenvalue weighted by Crippen LogP contribution is 2.27. The lowest BCUT2D eigenvalue weighted by molar-refractivity contribution is 0.102. The molecular weight excluding hydrogens is 408 g/mol. The van der Waals surface area contributed by atoms with Gasteiger partial charge in [0.15, 0.2) is 5.58 Å². The first-order valence-electron chi connectivity index (χ1n) is 8.24. The van der Waals surface area contributed by atoms with Crippen LogP contribution < -0.4 is 10.1 Å². The fourth-order valence-corrected chi connectivity index (χ4v) is 2.93. The van der Waals surface area contributed by atoms with Crippen LogP contribution in [-0.4, -0.2) is 18.0 Å². The van der Waals surface area contributed by atoms with Gasteiger partial charge in [0.05, 0.1) is 7.11 Å². The van der Waals surface area contributed by atoms with Crippen molar-refractivity contribution in [1.29, 1.82) is 0 Å². The zero-order valence-corrected chi connectivity index (χ0v) is 16.0. The minimum absolute atomic E-state index is 0.180. The highest BCUT2D eigenvalue weighted by Gasteiger charge is 2.11. The molecule has 0 atom stereocenters. The molecular formula is C21H15BrN2O3. The maximum absolute atomic E-state index is 12.4. The zero-order chi connectivity index (χ0) is 18.8. The van der Waals surface area contributed by atoms with Crippen LogP contribution in [0.3, 0.4) is 0 Å². The molecule has 27 heavy (non-hydrogen) atoms. The molecule has 0 spiro atoms. The second kappa shape index (κ2) is 7.25. The molecule has 0 aliphatic carbocycles. The maximum atomic E-state index is 12.4. The Hall–Kier alpha value is -3.12. The van der Waals surface area contributed by atoms with E-state index in [1.807, 2.05) is 36.4 Å². The number of ether oxygens (including phenoxy) is 1. The minimum atomic E-state index is -0.180. The Morgan fingerprint density at radius 3 is 2.48 bits per heavy atom. The summed E-state index contributed by atoms with van der Waals surface area (Å²) in [6.45, 7) is 0. The van der Waals surface area contributed by atoms with Crippen LogP contribution in [0.25, 0.3) is 22.6 Å². The number of carbonyl (C=O) groups excluding carboxylic acids is 1. The van der Waals surface area contributed by atoms with E-state index in [1.165, 1.54) is 0 Å². The van der Waals surface area contributed by atoms with Crippen molar-refractivity contribution >= 4 is 38.6 Å². The van der Waals surface area contributed by atoms with Crippen LogP contribution in [0.2, 0.25) is 0 Å². The summed E-state index contributed by atoms with van der Waals surface area (Å²) in [5.41, 5.74) is 3.42. The van der Waals surface area contributed by atoms with Crippen molar-refractivity contribution in [3.8, 4) is 17.2 Å². The summed E-state index contributed by atoms with van der Waals surface area (Å²) >= 11 is 3.36. The number of carbonyl (C=O) groups is 1. The van der Waals surface area contributed by atoms with E-state index in [2.05, 4.69) is 26.2 Å². The standard InChI is InChI=1S/C21H15BrN2O3/c1-26-17-9-4-14(5-10-17)21-24-18-12-16(8-11-19(18)27-21)23-20(25)13-2-6-15(22)7-3-13/h2-12H,1H3,(H,23,25). The van der Waals surface area contributed by atoms with Crippen molar-refractivity contribution in [3.63, 3.8) is 0 Å². The summed E-state index contributed by atoms with van der Waals surface area (Å²) in [7, 11) is 1.62. The minimum Gasteiger partial charge on any atom is -0.497 e. The Bertz CT molecular complexity index is 1100. The van der Waals surface area contributed by atoms with Gasteiger partial charge in [-0.05, 0) is 66.7 Å². The molecule has 1 aromatic heterocycles. The van der Waals surface area contributed by atoms with Gasteiger partial charge in [-0.3, -0.25) is 4.79 Å². The van der Waals surface area contributed by atoms with E-state index in [1.54, 1.807) is 37.4 Å². The van der Waals surface area contributed by atoms with Crippen LogP contribution in [0, 0.1) is 0 Å². The number of halogens is 1. The fourth-order valence-electron chi connectivity index (χ4n) is 2.67. The Morgan fingerprint density at radius 2 is 1.78 bits per heavy atom. The number of oxazole rings is 1. The number of rotatable bonds is 4. The van der Waals surface area contributed by atoms with Gasteiger partial charge in [-0.2, -0.15) is 0 Å². The Kier molecular flexibility index (Phi) is 4.64. The largest absolute Gasteiger partial charge is 0.497 e. The van der Waals surface area contributed by atoms with Crippen LogP contribution in [0.5, 0.6) is 5.75 Å². The molecule has 0 saturated carbocycles. The lowest BCUT2D eigenvalue weighted by atomic mass is 10.2. The highest BCUT2D eigenvalue weighted by atomic mass is 79.9. The van der Waals surface area contributed by atoms with Gasteiger partial charge in [0.2, 0.25) is 5.89 Å². The van der Waals surface area contributed by atoms with E-state index in [9.17, 15) is 4.79 Å². The van der Waals surface area contributed by atoms with Crippen molar-refractivity contribution in [3.05, 3.63) is 76.8 Å². The summed E-state index contributed by atoms with van der Waals surface area (Å²) in [5, 5.41) is 2.88. The summed E-state index contributed by atoms with van der Waals surface area (Å²) in [6.07, 6.45) is 0. The Labute approximate surface area is 164 Å². The topological polar surface area (TPSA) is 64.4 Å². The van der Waals surface area contributed by atoms with E-state index in [4.69, 9.17) is 9.15 Å². The van der Waals surface area contributed by atoms with Gasteiger partial charge < -0.3 is 14.5 Å². The average molecular weight is 423 g/mol. The van der Waals surface area contributed by atoms with E-state index in [0.717, 1.165) is 15.8 Å². The van der Waals surface area contributed by atoms with Crippen molar-refractivity contribution in [2.45, 2.75) is 0 Å². The zero-order valence-electron chi connectivity index (χ0n) is 14.4. The Balaban J connectivity index is 1.58. The monoisotopic (exact) mass is 422 g/mol. The molecule has 4 rings (SSSR count). The van der Waals surface area contributed by atoms with Crippen LogP contribution in [-0.2, 0) is 0 Å². The van der Waals surface area contributed by atoms with Crippen molar-refractivity contribution < 1.29 is 13.9 Å². The molecule has 0 fully saturated rings. The number of aromatic nitrogens is 1. The predicted molar refractivity (Wildman–Crippen MR) is 108 cm³/mol. The predicted octanol–water partition coefficient (Wildman–Crippen LogP) is 5.52. The van der Waals surface area contributed by atoms with Gasteiger partial charge in [-0.25, -0.2) is 4.98 Å². The quantitative estimate of drug-likeness (QED) is 0.470. The first-order valence-corrected chi connectivity index (χ1v) is 9.03. The lowest BCUT2D eigenvalue weighted by Crippen LogP contribution is -2.11. The molecule has 1 amide bonds. The number of anilines is 1. The number of hydrogen-bond acceptors (Lipinski definition) is 4. The number of methoxy groups -OCH3 is 1. The third-order valence-electron chi connectivity index (χ3n) is 4.09. The molecule has 0 unspecified atom stereocenters. The van der Waals surface area contributed by atoms with E-state index < -0.39 is 0 Å². The number of amides is 1. The molecule has 0 aliphatic rings. The number of benzene rings is 3. The van der Waals surface area contributed by atoms with E-state index >= 15 is 0 Å². The highest BCUT2D eigenvalue weighted by molar-refractivity contribution is 9.10. The Morgan fingerprint density at radius 1 is 1.04 bits per heavy atom. The molecule has 6 heteroatoms. The van der Waals surface area contributed by atoms with Crippen molar-refractivity contribution in [1.82, 2.24) is 4.98 Å². The summed E-state index contributed by atoms with van der Waals surface area (Å²) < 4.78 is 11.9. The molecule has 0 radical (unpaired) electrons. The molecule has 5 nitrogen and oxygen atoms in total. The van der Waals surface area contributed by atoms with Crippen LogP contribution in [0.4, 0.5) is 5.69 Å². The van der Waals surface area contributed by atoms with Gasteiger partial charge in [0.1, 0.15) is 11.3 Å². The molecule has 0 bridgehead atoms. The van der Waals surface area contributed by atoms with Gasteiger partial charge in [-0.1, -0.05) is 15.9 Å². The van der Waals surface area contributed by atoms with Crippen LogP contribution >= 0.6 is 15.9 Å². The first kappa shape index (κ1) is 17.3. The average Bonchev–Trinajstić information content (AvgIpc) is 3.12. The SMILES string of the molecule is COc1ccc(-c2nc3cc(NC(=O)c4ccc(Br)cc4)ccc3o2)cc1. The number of nitrogens with one attached hydrogen (secondary N) is 1. The van der Waals surface area contributed by atoms with Gasteiger partial charge >= 0.3 is 0 Å². The number of nitrogens with zero attached hydrogens (tertiary/aromatic N) is 1. The third kappa shape index (κ3) is 3.71. The molecule has 4 aromatic rings. The van der Waals surface area contributed by atoms with E-state index in [-0.39, 0.29) is 5.91 Å². The van der Waals surface area contributed by atoms with Crippen LogP contribution in [0.1, 0.15) is 10.4 Å². The molecule has 134 valence electrons. The van der Waals surface area contributed by atoms with Gasteiger partial charge in [0, 0.05) is 21.3 Å². The molecule has 1 N–H and O–H groups in total. The van der Waals surface area contributed by atoms with Crippen molar-refractivity contribution in [2.24, 2.45) is 0 Å². The molecule has 1 heterocycles. The summed E-state index contributed by atoms with van der Waals surface area (Å²) in [6, 6.07) is 20.1. The number of fused-ring (bicyclic) bond motifs is 1. The summed E-state index contributed by atoms with van der Waals surface area (Å²) in [5.74, 6) is 1.11. The molecule has 0 saturated heterocycles. The maximum Gasteiger partial charge on any atom is 0.255 e. The second-order valence-electron chi connectivity index (χ2n) is 5.89. The second-order valence-corrected chi connectivity index (χ2v) is 6.81. The summed E-state index contributed by atoms with van der Waals surface area (Å²) in [4.78, 5) is 16.9. The molecule has 3 aromatic carbocycles. The molecule has 0 aliphatic heterocycles. The van der Waals surface area contributed by atoms with E-state index in [0.29, 0.717) is 28.2 Å². The lowest BCUT2D eigenvalue weighted by Gasteiger charge is -2.05. The smallest absolute Gasteiger partial charge is 0.255 e. The van der Waals surface area contributed by atoms with Crippen LogP contribution in [0.15, 0.2) is 75.6 Å². The fraction of sp³-hybridized carbons (Fsp3) is 0.0476. The van der Waals surface area contributed by atoms with Gasteiger partial charge in [-0.15, -0.1) is 0 Å². The third-order valence-corrected chi connectivity index (χ3v) is 4.62.